The fourth-order valence-electron chi connectivity index (χ4n) is 3.32. The summed E-state index contributed by atoms with van der Waals surface area (Å²) in [5.41, 5.74) is 3.06. The van der Waals surface area contributed by atoms with Gasteiger partial charge in [0, 0.05) is 30.6 Å². The molecule has 1 fully saturated rings. The number of hydrogen-bond donors (Lipinski definition) is 1. The van der Waals surface area contributed by atoms with Crippen molar-refractivity contribution in [1.29, 1.82) is 0 Å². The number of nitrogens with one attached hydrogen (secondary N) is 1. The zero-order valence-corrected chi connectivity index (χ0v) is 14.9. The van der Waals surface area contributed by atoms with Crippen molar-refractivity contribution >= 4 is 28.3 Å². The van der Waals surface area contributed by atoms with Crippen LogP contribution < -0.4 is 10.2 Å². The summed E-state index contributed by atoms with van der Waals surface area (Å²) in [5.74, 6) is 1.51. The van der Waals surface area contributed by atoms with Crippen LogP contribution in [0.4, 0.5) is 11.5 Å². The molecule has 0 bridgehead atoms. The molecule has 1 aliphatic heterocycles. The summed E-state index contributed by atoms with van der Waals surface area (Å²) in [6.07, 6.45) is 4.37. The van der Waals surface area contributed by atoms with Crippen LogP contribution in [0.25, 0.3) is 10.9 Å². The van der Waals surface area contributed by atoms with Crippen molar-refractivity contribution in [3.63, 3.8) is 0 Å². The van der Waals surface area contributed by atoms with Crippen LogP contribution in [0.3, 0.4) is 0 Å². The number of amides is 1. The molecule has 1 saturated heterocycles. The van der Waals surface area contributed by atoms with E-state index in [9.17, 15) is 4.79 Å². The molecule has 1 amide bonds. The molecule has 1 aromatic carbocycles. The zero-order chi connectivity index (χ0) is 17.1. The van der Waals surface area contributed by atoms with Gasteiger partial charge in [0.15, 0.2) is 0 Å². The van der Waals surface area contributed by atoms with Crippen molar-refractivity contribution in [3.8, 4) is 0 Å². The molecule has 2 heterocycles. The third-order valence-electron chi connectivity index (χ3n) is 4.56. The monoisotopic (exact) mass is 325 g/mol. The largest absolute Gasteiger partial charge is 0.357 e. The molecule has 1 N–H and O–H groups in total. The van der Waals surface area contributed by atoms with Crippen LogP contribution in [0.2, 0.25) is 0 Å². The van der Waals surface area contributed by atoms with Gasteiger partial charge in [-0.05, 0) is 61.9 Å². The predicted molar refractivity (Wildman–Crippen MR) is 101 cm³/mol. The summed E-state index contributed by atoms with van der Waals surface area (Å²) < 4.78 is 0. The summed E-state index contributed by atoms with van der Waals surface area (Å²) in [7, 11) is 0. The molecular weight excluding hydrogens is 298 g/mol. The number of nitrogens with zero attached hydrogens (tertiary/aromatic N) is 2. The van der Waals surface area contributed by atoms with Crippen molar-refractivity contribution < 1.29 is 4.79 Å². The molecule has 0 aliphatic carbocycles. The van der Waals surface area contributed by atoms with E-state index >= 15 is 0 Å². The maximum Gasteiger partial charge on any atom is 0.224 e. The first-order valence-corrected chi connectivity index (χ1v) is 8.99. The summed E-state index contributed by atoms with van der Waals surface area (Å²) in [6, 6.07) is 8.18. The molecule has 0 saturated carbocycles. The number of pyridine rings is 1. The molecule has 4 heteroatoms. The number of aryl methyl sites for hydroxylation is 1. The number of aromatic nitrogens is 1. The van der Waals surface area contributed by atoms with Gasteiger partial charge in [0.05, 0.1) is 5.52 Å². The van der Waals surface area contributed by atoms with E-state index in [4.69, 9.17) is 4.98 Å². The second-order valence-electron chi connectivity index (χ2n) is 7.22. The lowest BCUT2D eigenvalue weighted by Crippen LogP contribution is -2.30. The molecule has 0 radical (unpaired) electrons. The third-order valence-corrected chi connectivity index (χ3v) is 4.56. The lowest BCUT2D eigenvalue weighted by Gasteiger charge is -2.28. The standard InChI is InChI=1S/C20H27N3O/c1-14(2)11-20(24)21-16-7-8-18-17(13-16)15(3)12-19(22-18)23-9-5-4-6-10-23/h7-8,12-14H,4-6,9-11H2,1-3H3,(H,21,24). The van der Waals surface area contributed by atoms with Crippen molar-refractivity contribution in [2.75, 3.05) is 23.3 Å². The minimum Gasteiger partial charge on any atom is -0.357 e. The third kappa shape index (κ3) is 3.86. The van der Waals surface area contributed by atoms with E-state index in [0.717, 1.165) is 35.5 Å². The van der Waals surface area contributed by atoms with Gasteiger partial charge in [-0.3, -0.25) is 4.79 Å². The topological polar surface area (TPSA) is 45.2 Å². The van der Waals surface area contributed by atoms with Crippen LogP contribution in [-0.4, -0.2) is 24.0 Å². The van der Waals surface area contributed by atoms with Gasteiger partial charge in [-0.15, -0.1) is 0 Å². The second kappa shape index (κ2) is 7.20. The quantitative estimate of drug-likeness (QED) is 0.899. The first-order valence-electron chi connectivity index (χ1n) is 8.99. The molecule has 0 atom stereocenters. The maximum atomic E-state index is 12.0. The van der Waals surface area contributed by atoms with E-state index in [-0.39, 0.29) is 5.91 Å². The van der Waals surface area contributed by atoms with E-state index in [1.807, 2.05) is 18.2 Å². The summed E-state index contributed by atoms with van der Waals surface area (Å²) >= 11 is 0. The lowest BCUT2D eigenvalue weighted by molar-refractivity contribution is -0.116. The molecule has 0 unspecified atom stereocenters. The number of fused-ring (bicyclic) bond motifs is 1. The van der Waals surface area contributed by atoms with Gasteiger partial charge in [-0.25, -0.2) is 4.98 Å². The van der Waals surface area contributed by atoms with E-state index in [1.165, 1.54) is 24.8 Å². The number of rotatable bonds is 4. The minimum atomic E-state index is 0.0694. The van der Waals surface area contributed by atoms with Gasteiger partial charge in [-0.1, -0.05) is 13.8 Å². The van der Waals surface area contributed by atoms with Crippen molar-refractivity contribution in [2.45, 2.75) is 46.5 Å². The Balaban J connectivity index is 1.85. The fourth-order valence-corrected chi connectivity index (χ4v) is 3.32. The number of anilines is 2. The first-order chi connectivity index (χ1) is 11.5. The molecule has 1 aromatic heterocycles. The summed E-state index contributed by atoms with van der Waals surface area (Å²) in [6.45, 7) is 8.42. The first kappa shape index (κ1) is 16.7. The molecule has 1 aliphatic rings. The Bertz CT molecular complexity index is 733. The smallest absolute Gasteiger partial charge is 0.224 e. The fraction of sp³-hybridized carbons (Fsp3) is 0.500. The van der Waals surface area contributed by atoms with Crippen LogP contribution in [-0.2, 0) is 4.79 Å². The highest BCUT2D eigenvalue weighted by molar-refractivity contribution is 5.94. The molecule has 3 rings (SSSR count). The number of piperidine rings is 1. The predicted octanol–water partition coefficient (Wildman–Crippen LogP) is 4.52. The van der Waals surface area contributed by atoms with Gasteiger partial charge in [0.1, 0.15) is 5.82 Å². The van der Waals surface area contributed by atoms with Crippen LogP contribution in [0.15, 0.2) is 24.3 Å². The van der Waals surface area contributed by atoms with E-state index < -0.39 is 0 Å². The lowest BCUT2D eigenvalue weighted by atomic mass is 10.1. The Hall–Kier alpha value is -2.10. The summed E-state index contributed by atoms with van der Waals surface area (Å²) in [4.78, 5) is 19.2. The van der Waals surface area contributed by atoms with Crippen LogP contribution >= 0.6 is 0 Å². The Kier molecular flexibility index (Phi) is 5.03. The van der Waals surface area contributed by atoms with Gasteiger partial charge in [0.25, 0.3) is 0 Å². The average Bonchev–Trinajstić information content (AvgIpc) is 2.55. The van der Waals surface area contributed by atoms with Crippen molar-refractivity contribution in [1.82, 2.24) is 4.98 Å². The van der Waals surface area contributed by atoms with Gasteiger partial charge in [0.2, 0.25) is 5.91 Å². The Morgan fingerprint density at radius 1 is 1.21 bits per heavy atom. The number of carbonyl (C=O) groups excluding carboxylic acids is 1. The highest BCUT2D eigenvalue weighted by atomic mass is 16.1. The second-order valence-corrected chi connectivity index (χ2v) is 7.22. The Morgan fingerprint density at radius 2 is 1.96 bits per heavy atom. The molecule has 4 nitrogen and oxygen atoms in total. The van der Waals surface area contributed by atoms with E-state index in [2.05, 4.69) is 37.1 Å². The molecular formula is C20H27N3O. The molecule has 128 valence electrons. The van der Waals surface area contributed by atoms with Crippen molar-refractivity contribution in [2.24, 2.45) is 5.92 Å². The zero-order valence-electron chi connectivity index (χ0n) is 14.9. The number of benzene rings is 1. The van der Waals surface area contributed by atoms with E-state index in [1.54, 1.807) is 0 Å². The van der Waals surface area contributed by atoms with Gasteiger partial charge >= 0.3 is 0 Å². The highest BCUT2D eigenvalue weighted by Crippen LogP contribution is 2.27. The molecule has 0 spiro atoms. The molecule has 2 aromatic rings. The molecule has 24 heavy (non-hydrogen) atoms. The number of carbonyl (C=O) groups is 1. The SMILES string of the molecule is Cc1cc(N2CCCCC2)nc2ccc(NC(=O)CC(C)C)cc12. The summed E-state index contributed by atoms with van der Waals surface area (Å²) in [5, 5.41) is 4.10. The number of hydrogen-bond acceptors (Lipinski definition) is 3. The normalized spacial score (nSPS) is 15.1. The Labute approximate surface area is 144 Å². The van der Waals surface area contributed by atoms with E-state index in [0.29, 0.717) is 12.3 Å². The highest BCUT2D eigenvalue weighted by Gasteiger charge is 2.14. The Morgan fingerprint density at radius 3 is 2.67 bits per heavy atom. The van der Waals surface area contributed by atoms with Crippen molar-refractivity contribution in [3.05, 3.63) is 29.8 Å². The maximum absolute atomic E-state index is 12.0. The van der Waals surface area contributed by atoms with Crippen LogP contribution in [0.5, 0.6) is 0 Å². The minimum absolute atomic E-state index is 0.0694. The van der Waals surface area contributed by atoms with Gasteiger partial charge in [-0.2, -0.15) is 0 Å². The average molecular weight is 325 g/mol. The van der Waals surface area contributed by atoms with Crippen LogP contribution in [0.1, 0.15) is 45.1 Å². The van der Waals surface area contributed by atoms with Gasteiger partial charge < -0.3 is 10.2 Å². The van der Waals surface area contributed by atoms with Crippen LogP contribution in [0, 0.1) is 12.8 Å².